The van der Waals surface area contributed by atoms with E-state index >= 15 is 0 Å². The quantitative estimate of drug-likeness (QED) is 0.387. The van der Waals surface area contributed by atoms with Crippen molar-refractivity contribution in [3.8, 4) is 0 Å². The second kappa shape index (κ2) is 10.1. The summed E-state index contributed by atoms with van der Waals surface area (Å²) >= 11 is 4.17. The van der Waals surface area contributed by atoms with Crippen LogP contribution in [-0.4, -0.2) is 36.4 Å². The first-order chi connectivity index (χ1) is 13.5. The van der Waals surface area contributed by atoms with Crippen molar-refractivity contribution in [2.45, 2.75) is 44.2 Å². The highest BCUT2D eigenvalue weighted by atomic mass is 79.9. The molecule has 0 radical (unpaired) electrons. The van der Waals surface area contributed by atoms with Gasteiger partial charge in [0, 0.05) is 34.6 Å². The standard InChI is InChI=1S/C17H26BrFN6O2S2/c1-9(2)14(21)4-11(10(3)20)7-22-15-6-13(19)16(5-12(15)18)29(26,27)25-17-23-8-24-28-17/h5-6,8-11,14,22H,4,7,20-21H2,1-3H3,(H,23,24,25)/t10-,11?,14?/m1/s1. The highest BCUT2D eigenvalue weighted by Gasteiger charge is 2.24. The van der Waals surface area contributed by atoms with Gasteiger partial charge in [0.05, 0.1) is 5.69 Å². The lowest BCUT2D eigenvalue weighted by Gasteiger charge is -2.27. The third-order valence-electron chi connectivity index (χ3n) is 4.62. The molecule has 0 saturated carbocycles. The van der Waals surface area contributed by atoms with Crippen molar-refractivity contribution in [1.82, 2.24) is 9.36 Å². The average molecular weight is 509 g/mol. The third kappa shape index (κ3) is 6.57. The number of aromatic nitrogens is 2. The van der Waals surface area contributed by atoms with Crippen molar-refractivity contribution >= 4 is 48.3 Å². The minimum atomic E-state index is -4.13. The maximum atomic E-state index is 14.6. The first-order valence-electron chi connectivity index (χ1n) is 9.04. The van der Waals surface area contributed by atoms with E-state index in [0.717, 1.165) is 24.0 Å². The van der Waals surface area contributed by atoms with Crippen LogP contribution in [0.15, 0.2) is 27.8 Å². The summed E-state index contributed by atoms with van der Waals surface area (Å²) in [6, 6.07) is 2.25. The fourth-order valence-electron chi connectivity index (χ4n) is 2.60. The van der Waals surface area contributed by atoms with Crippen molar-refractivity contribution in [3.05, 3.63) is 28.7 Å². The van der Waals surface area contributed by atoms with Crippen molar-refractivity contribution in [1.29, 1.82) is 0 Å². The second-order valence-corrected chi connectivity index (χ2v) is 10.5. The summed E-state index contributed by atoms with van der Waals surface area (Å²) in [6.07, 6.45) is 1.93. The molecule has 0 aliphatic carbocycles. The minimum absolute atomic E-state index is 0.00641. The number of nitrogens with zero attached hydrogens (tertiary/aromatic N) is 2. The molecule has 0 aliphatic heterocycles. The van der Waals surface area contributed by atoms with Crippen LogP contribution in [0.4, 0.5) is 15.2 Å². The van der Waals surface area contributed by atoms with Gasteiger partial charge in [-0.25, -0.2) is 17.8 Å². The van der Waals surface area contributed by atoms with E-state index in [0.29, 0.717) is 22.6 Å². The number of benzene rings is 1. The summed E-state index contributed by atoms with van der Waals surface area (Å²) in [7, 11) is -4.13. The van der Waals surface area contributed by atoms with Gasteiger partial charge in [0.15, 0.2) is 0 Å². The molecule has 8 nitrogen and oxygen atoms in total. The lowest BCUT2D eigenvalue weighted by atomic mass is 9.89. The lowest BCUT2D eigenvalue weighted by Crippen LogP contribution is -2.39. The Bertz CT molecular complexity index is 909. The highest BCUT2D eigenvalue weighted by molar-refractivity contribution is 9.10. The number of hydrogen-bond acceptors (Lipinski definition) is 8. The molecule has 0 spiro atoms. The Morgan fingerprint density at radius 1 is 1.28 bits per heavy atom. The van der Waals surface area contributed by atoms with E-state index in [-0.39, 0.29) is 23.1 Å². The number of anilines is 2. The summed E-state index contributed by atoms with van der Waals surface area (Å²) in [5, 5.41) is 3.21. The zero-order chi connectivity index (χ0) is 21.8. The number of nitrogens with one attached hydrogen (secondary N) is 2. The summed E-state index contributed by atoms with van der Waals surface area (Å²) < 4.78 is 45.8. The van der Waals surface area contributed by atoms with Crippen LogP contribution < -0.4 is 21.5 Å². The maximum Gasteiger partial charge on any atom is 0.266 e. The van der Waals surface area contributed by atoms with Crippen molar-refractivity contribution < 1.29 is 12.8 Å². The molecular formula is C17H26BrFN6O2S2. The number of nitrogens with two attached hydrogens (primary N) is 2. The van der Waals surface area contributed by atoms with Gasteiger partial charge < -0.3 is 16.8 Å². The lowest BCUT2D eigenvalue weighted by molar-refractivity contribution is 0.348. The Morgan fingerprint density at radius 3 is 2.52 bits per heavy atom. The van der Waals surface area contributed by atoms with Gasteiger partial charge >= 0.3 is 0 Å². The largest absolute Gasteiger partial charge is 0.384 e. The van der Waals surface area contributed by atoms with Gasteiger partial charge in [0.2, 0.25) is 5.13 Å². The molecule has 0 saturated heterocycles. The Labute approximate surface area is 183 Å². The average Bonchev–Trinajstić information content (AvgIpc) is 3.12. The summed E-state index contributed by atoms with van der Waals surface area (Å²) in [5.41, 5.74) is 12.7. The van der Waals surface area contributed by atoms with E-state index in [2.05, 4.69) is 49.2 Å². The smallest absolute Gasteiger partial charge is 0.266 e. The predicted octanol–water partition coefficient (Wildman–Crippen LogP) is 2.99. The first-order valence-corrected chi connectivity index (χ1v) is 12.1. The number of hydrogen-bond donors (Lipinski definition) is 4. The normalized spacial score (nSPS) is 15.2. The van der Waals surface area contributed by atoms with E-state index in [1.807, 2.05) is 6.92 Å². The first kappa shape index (κ1) is 23.9. The number of sulfonamides is 1. The van der Waals surface area contributed by atoms with E-state index in [1.54, 1.807) is 0 Å². The Balaban J connectivity index is 2.16. The highest BCUT2D eigenvalue weighted by Crippen LogP contribution is 2.30. The van der Waals surface area contributed by atoms with Crippen LogP contribution in [0.1, 0.15) is 27.2 Å². The van der Waals surface area contributed by atoms with E-state index in [9.17, 15) is 12.8 Å². The molecule has 1 aromatic carbocycles. The van der Waals surface area contributed by atoms with Gasteiger partial charge in [-0.05, 0) is 53.2 Å². The van der Waals surface area contributed by atoms with E-state index in [1.165, 1.54) is 12.4 Å². The topological polar surface area (TPSA) is 136 Å². The molecule has 2 unspecified atom stereocenters. The van der Waals surface area contributed by atoms with Gasteiger partial charge in [-0.1, -0.05) is 13.8 Å². The molecule has 12 heteroatoms. The predicted molar refractivity (Wildman–Crippen MR) is 118 cm³/mol. The minimum Gasteiger partial charge on any atom is -0.384 e. The molecular weight excluding hydrogens is 483 g/mol. The van der Waals surface area contributed by atoms with Crippen LogP contribution in [0.2, 0.25) is 0 Å². The van der Waals surface area contributed by atoms with Crippen LogP contribution in [-0.2, 0) is 10.0 Å². The number of halogens is 2. The summed E-state index contributed by atoms with van der Waals surface area (Å²) in [4.78, 5) is 3.26. The van der Waals surface area contributed by atoms with Crippen LogP contribution in [0.25, 0.3) is 0 Å². The fraction of sp³-hybridized carbons (Fsp3) is 0.529. The molecule has 1 heterocycles. The van der Waals surface area contributed by atoms with E-state index < -0.39 is 20.7 Å². The molecule has 29 heavy (non-hydrogen) atoms. The Kier molecular flexibility index (Phi) is 8.35. The summed E-state index contributed by atoms with van der Waals surface area (Å²) in [5.74, 6) is -0.487. The molecule has 1 aromatic heterocycles. The molecule has 0 fully saturated rings. The molecule has 2 rings (SSSR count). The molecule has 2 aromatic rings. The monoisotopic (exact) mass is 508 g/mol. The van der Waals surface area contributed by atoms with Crippen molar-refractivity contribution in [2.75, 3.05) is 16.6 Å². The molecule has 6 N–H and O–H groups in total. The molecule has 0 amide bonds. The second-order valence-electron chi connectivity index (χ2n) is 7.26. The maximum absolute atomic E-state index is 14.6. The molecule has 0 aliphatic rings. The van der Waals surface area contributed by atoms with Gasteiger partial charge in [-0.3, -0.25) is 4.72 Å². The van der Waals surface area contributed by atoms with Crippen LogP contribution in [0, 0.1) is 17.7 Å². The zero-order valence-electron chi connectivity index (χ0n) is 16.4. The van der Waals surface area contributed by atoms with Crippen molar-refractivity contribution in [2.24, 2.45) is 23.3 Å². The van der Waals surface area contributed by atoms with E-state index in [4.69, 9.17) is 11.5 Å². The van der Waals surface area contributed by atoms with Crippen LogP contribution in [0.3, 0.4) is 0 Å². The summed E-state index contributed by atoms with van der Waals surface area (Å²) in [6.45, 7) is 6.49. The van der Waals surface area contributed by atoms with Crippen LogP contribution in [0.5, 0.6) is 0 Å². The Hall–Kier alpha value is -1.34. The van der Waals surface area contributed by atoms with Gasteiger partial charge in [0.25, 0.3) is 10.0 Å². The fourth-order valence-corrected chi connectivity index (χ4v) is 4.99. The Morgan fingerprint density at radius 2 is 1.97 bits per heavy atom. The van der Waals surface area contributed by atoms with Crippen molar-refractivity contribution in [3.63, 3.8) is 0 Å². The number of rotatable bonds is 10. The molecule has 162 valence electrons. The molecule has 3 atom stereocenters. The zero-order valence-corrected chi connectivity index (χ0v) is 19.6. The van der Waals surface area contributed by atoms with Gasteiger partial charge in [-0.2, -0.15) is 4.37 Å². The third-order valence-corrected chi connectivity index (χ3v) is 7.34. The van der Waals surface area contributed by atoms with Crippen LogP contribution >= 0.6 is 27.5 Å². The van der Waals surface area contributed by atoms with Gasteiger partial charge in [0.1, 0.15) is 17.0 Å². The SMILES string of the molecule is CC(C)C(N)CC(CNc1cc(F)c(S(=O)(=O)Nc2ncns2)cc1Br)[C@@H](C)N. The van der Waals surface area contributed by atoms with Gasteiger partial charge in [-0.15, -0.1) is 0 Å². The molecule has 0 bridgehead atoms.